The van der Waals surface area contributed by atoms with Crippen LogP contribution in [0.15, 0.2) is 18.2 Å². The van der Waals surface area contributed by atoms with E-state index in [1.807, 2.05) is 18.2 Å². The van der Waals surface area contributed by atoms with Gasteiger partial charge in [-0.2, -0.15) is 0 Å². The highest BCUT2D eigenvalue weighted by molar-refractivity contribution is 7.16. The van der Waals surface area contributed by atoms with Crippen molar-refractivity contribution in [2.45, 2.75) is 0 Å². The number of thiazole rings is 1. The smallest absolute Gasteiger partial charge is 0.153 e. The van der Waals surface area contributed by atoms with Crippen LogP contribution in [0.1, 0.15) is 0 Å². The molecule has 0 N–H and O–H groups in total. The Morgan fingerprint density at radius 2 is 2.56 bits per heavy atom. The van der Waals surface area contributed by atoms with Gasteiger partial charge in [0, 0.05) is 6.07 Å². The Bertz CT molecular complexity index is 283. The van der Waals surface area contributed by atoms with E-state index in [9.17, 15) is 0 Å². The van der Waals surface area contributed by atoms with Gasteiger partial charge < -0.3 is 0 Å². The summed E-state index contributed by atoms with van der Waals surface area (Å²) in [6.07, 6.45) is 0. The van der Waals surface area contributed by atoms with Gasteiger partial charge in [-0.3, -0.25) is 0 Å². The average molecular weight is 133 g/mol. The molecule has 1 heterocycles. The molecule has 2 heteroatoms. The van der Waals surface area contributed by atoms with Gasteiger partial charge in [-0.1, -0.05) is 12.1 Å². The number of rotatable bonds is 0. The second-order valence-electron chi connectivity index (χ2n) is 1.69. The monoisotopic (exact) mass is 133 g/mol. The zero-order valence-corrected chi connectivity index (χ0v) is 5.40. The second kappa shape index (κ2) is 1.81. The Morgan fingerprint density at radius 1 is 1.56 bits per heavy atom. The average Bonchev–Trinajstić information content (AvgIpc) is 2.33. The van der Waals surface area contributed by atoms with E-state index in [4.69, 9.17) is 0 Å². The van der Waals surface area contributed by atoms with E-state index in [1.165, 1.54) is 11.3 Å². The maximum Gasteiger partial charge on any atom is 0.153 e. The van der Waals surface area contributed by atoms with Crippen LogP contribution in [0.5, 0.6) is 0 Å². The molecule has 9 heavy (non-hydrogen) atoms. The fraction of sp³-hybridized carbons (Fsp3) is 0. The molecule has 0 aliphatic heterocycles. The van der Waals surface area contributed by atoms with Crippen molar-refractivity contribution in [1.82, 2.24) is 4.98 Å². The van der Waals surface area contributed by atoms with E-state index >= 15 is 0 Å². The molecule has 0 bridgehead atoms. The summed E-state index contributed by atoms with van der Waals surface area (Å²) in [4.78, 5) is 3.98. The van der Waals surface area contributed by atoms with Gasteiger partial charge in [0.2, 0.25) is 0 Å². The van der Waals surface area contributed by atoms with E-state index in [0.717, 1.165) is 10.2 Å². The number of hydrogen-bond donors (Lipinski definition) is 0. The molecule has 0 atom stereocenters. The van der Waals surface area contributed by atoms with Crippen LogP contribution in [0, 0.1) is 11.6 Å². The predicted molar refractivity (Wildman–Crippen MR) is 37.3 cm³/mol. The summed E-state index contributed by atoms with van der Waals surface area (Å²) in [6, 6.07) is 8.82. The molecule has 0 aliphatic rings. The van der Waals surface area contributed by atoms with E-state index in [1.54, 1.807) is 0 Å². The van der Waals surface area contributed by atoms with Crippen LogP contribution in [0.25, 0.3) is 10.2 Å². The van der Waals surface area contributed by atoms with Crippen molar-refractivity contribution in [2.24, 2.45) is 0 Å². The van der Waals surface area contributed by atoms with Gasteiger partial charge in [0.25, 0.3) is 0 Å². The van der Waals surface area contributed by atoms with Gasteiger partial charge in [0.05, 0.1) is 10.2 Å². The van der Waals surface area contributed by atoms with Crippen LogP contribution in [0.4, 0.5) is 0 Å². The van der Waals surface area contributed by atoms with Crippen molar-refractivity contribution in [1.29, 1.82) is 0 Å². The van der Waals surface area contributed by atoms with Crippen LogP contribution in [0.3, 0.4) is 0 Å². The molecule has 2 aromatic rings. The van der Waals surface area contributed by atoms with Gasteiger partial charge in [-0.05, 0) is 6.07 Å². The van der Waals surface area contributed by atoms with Crippen molar-refractivity contribution in [2.75, 3.05) is 0 Å². The summed E-state index contributed by atoms with van der Waals surface area (Å²) in [5.74, 6) is 0. The van der Waals surface area contributed by atoms with Crippen molar-refractivity contribution < 1.29 is 0 Å². The lowest BCUT2D eigenvalue weighted by Crippen LogP contribution is -1.62. The third kappa shape index (κ3) is 0.715. The van der Waals surface area contributed by atoms with Crippen molar-refractivity contribution in [3.05, 3.63) is 29.8 Å². The molecule has 0 aliphatic carbocycles. The number of benzene rings is 1. The largest absolute Gasteiger partial charge is 0.233 e. The van der Waals surface area contributed by atoms with Crippen molar-refractivity contribution >= 4 is 21.6 Å². The van der Waals surface area contributed by atoms with E-state index < -0.39 is 0 Å². The molecule has 0 fully saturated rings. The topological polar surface area (TPSA) is 12.9 Å². The molecule has 0 saturated heterocycles. The molecule has 2 rings (SSSR count). The molecule has 1 nitrogen and oxygen atoms in total. The van der Waals surface area contributed by atoms with Gasteiger partial charge >= 0.3 is 0 Å². The Hall–Kier alpha value is -0.890. The fourth-order valence-electron chi connectivity index (χ4n) is 0.700. The Morgan fingerprint density at radius 3 is 3.44 bits per heavy atom. The highest BCUT2D eigenvalue weighted by Gasteiger charge is 1.91. The van der Waals surface area contributed by atoms with Gasteiger partial charge in [-0.25, -0.2) is 4.98 Å². The molecule has 2 radical (unpaired) electrons. The first-order valence-corrected chi connectivity index (χ1v) is 3.42. The summed E-state index contributed by atoms with van der Waals surface area (Å²) in [5.41, 5.74) is 3.79. The number of fused-ring (bicyclic) bond motifs is 1. The summed E-state index contributed by atoms with van der Waals surface area (Å²) >= 11 is 1.50. The van der Waals surface area contributed by atoms with Gasteiger partial charge in [0.15, 0.2) is 5.51 Å². The quantitative estimate of drug-likeness (QED) is 0.534. The number of hydrogen-bond acceptors (Lipinski definition) is 2. The van der Waals surface area contributed by atoms with Crippen molar-refractivity contribution in [3.63, 3.8) is 0 Å². The lowest BCUT2D eigenvalue weighted by atomic mass is 10.3. The minimum absolute atomic E-state index is 0.988. The molecule has 1 aromatic carbocycles. The minimum Gasteiger partial charge on any atom is -0.233 e. The van der Waals surface area contributed by atoms with E-state index in [-0.39, 0.29) is 0 Å². The maximum atomic E-state index is 3.98. The first kappa shape index (κ1) is 4.94. The highest BCUT2D eigenvalue weighted by Crippen LogP contribution is 2.14. The predicted octanol–water partition coefficient (Wildman–Crippen LogP) is 1.90. The highest BCUT2D eigenvalue weighted by atomic mass is 32.1. The number of nitrogens with zero attached hydrogens (tertiary/aromatic N) is 1. The lowest BCUT2D eigenvalue weighted by Gasteiger charge is -1.79. The van der Waals surface area contributed by atoms with Gasteiger partial charge in [-0.15, -0.1) is 11.3 Å². The van der Waals surface area contributed by atoms with E-state index in [0.29, 0.717) is 0 Å². The molecular weight excluding hydrogens is 130 g/mol. The molecule has 1 aromatic heterocycles. The summed E-state index contributed by atoms with van der Waals surface area (Å²) in [6.45, 7) is 0. The molecular formula is C7H3NS. The Kier molecular flexibility index (Phi) is 0.993. The van der Waals surface area contributed by atoms with E-state index in [2.05, 4.69) is 16.6 Å². The minimum atomic E-state index is 0.988. The molecule has 42 valence electrons. The summed E-state index contributed by atoms with van der Waals surface area (Å²) in [5, 5.41) is 0. The van der Waals surface area contributed by atoms with Crippen LogP contribution in [0.2, 0.25) is 0 Å². The Balaban J connectivity index is 2.95. The Labute approximate surface area is 57.0 Å². The molecule has 0 saturated carbocycles. The first-order chi connectivity index (χ1) is 4.47. The third-order valence-electron chi connectivity index (χ3n) is 1.11. The standard InChI is InChI=1S/C7H3NS/c1-2-4-7-6(3-1)8-5-9-7/h1-3H. The van der Waals surface area contributed by atoms with Crippen LogP contribution >= 0.6 is 11.3 Å². The summed E-state index contributed by atoms with van der Waals surface area (Å²) < 4.78 is 1.08. The van der Waals surface area contributed by atoms with Crippen molar-refractivity contribution in [3.8, 4) is 0 Å². The zero-order valence-electron chi connectivity index (χ0n) is 4.59. The summed E-state index contributed by atoms with van der Waals surface area (Å²) in [7, 11) is 0. The molecule has 0 amide bonds. The molecule has 0 spiro atoms. The second-order valence-corrected chi connectivity index (χ2v) is 2.48. The van der Waals surface area contributed by atoms with Crippen LogP contribution < -0.4 is 0 Å². The fourth-order valence-corrected chi connectivity index (χ4v) is 1.28. The SMILES string of the molecule is [c]1nc2ccc[c]c2s1. The number of aromatic nitrogens is 1. The lowest BCUT2D eigenvalue weighted by molar-refractivity contribution is 1.48. The van der Waals surface area contributed by atoms with Crippen LogP contribution in [-0.2, 0) is 0 Å². The zero-order chi connectivity index (χ0) is 6.10. The maximum absolute atomic E-state index is 3.98. The normalized spacial score (nSPS) is 10.2. The molecule has 0 unspecified atom stereocenters. The first-order valence-electron chi connectivity index (χ1n) is 2.60. The van der Waals surface area contributed by atoms with Gasteiger partial charge in [0.1, 0.15) is 0 Å². The van der Waals surface area contributed by atoms with Crippen LogP contribution in [-0.4, -0.2) is 4.98 Å². The third-order valence-corrected chi connectivity index (χ3v) is 1.82.